The van der Waals surface area contributed by atoms with E-state index in [1.54, 1.807) is 0 Å². The fraction of sp³-hybridized carbons (Fsp3) is 0.111. The molecule has 0 radical (unpaired) electrons. The zero-order valence-electron chi connectivity index (χ0n) is 31.9. The first kappa shape index (κ1) is 34.2. The molecular formula is C54H45N2+. The molecule has 8 aromatic carbocycles. The van der Waals surface area contributed by atoms with Crippen LogP contribution in [0.2, 0.25) is 0 Å². The molecule has 0 saturated carbocycles. The van der Waals surface area contributed by atoms with Gasteiger partial charge in [-0.1, -0.05) is 208 Å². The van der Waals surface area contributed by atoms with Crippen LogP contribution in [-0.4, -0.2) is 0 Å². The summed E-state index contributed by atoms with van der Waals surface area (Å²) >= 11 is 0. The van der Waals surface area contributed by atoms with E-state index in [4.69, 9.17) is 5.73 Å². The molecule has 0 aliphatic heterocycles. The van der Waals surface area contributed by atoms with Crippen molar-refractivity contribution in [3.05, 3.63) is 244 Å². The summed E-state index contributed by atoms with van der Waals surface area (Å²) in [6.07, 6.45) is 4.29. The monoisotopic (exact) mass is 721 g/mol. The number of fused-ring (bicyclic) bond motifs is 10. The highest BCUT2D eigenvalue weighted by Crippen LogP contribution is 2.62. The van der Waals surface area contributed by atoms with Crippen LogP contribution in [-0.2, 0) is 10.8 Å². The van der Waals surface area contributed by atoms with Gasteiger partial charge in [0, 0.05) is 11.0 Å². The highest BCUT2D eigenvalue weighted by atomic mass is 15.0. The second-order valence-corrected chi connectivity index (χ2v) is 15.9. The van der Waals surface area contributed by atoms with E-state index in [9.17, 15) is 0 Å². The fourth-order valence-corrected chi connectivity index (χ4v) is 9.91. The van der Waals surface area contributed by atoms with E-state index in [1.807, 2.05) is 0 Å². The second kappa shape index (κ2) is 13.5. The third kappa shape index (κ3) is 5.25. The summed E-state index contributed by atoms with van der Waals surface area (Å²) in [5.74, 6) is 0. The van der Waals surface area contributed by atoms with Crippen LogP contribution in [0, 0.1) is 0 Å². The van der Waals surface area contributed by atoms with Crippen molar-refractivity contribution in [1.29, 1.82) is 0 Å². The molecule has 2 unspecified atom stereocenters. The lowest BCUT2D eigenvalue weighted by atomic mass is 9.55. The van der Waals surface area contributed by atoms with Gasteiger partial charge in [-0.2, -0.15) is 0 Å². The van der Waals surface area contributed by atoms with E-state index < -0.39 is 5.41 Å². The first-order chi connectivity index (χ1) is 27.5. The average Bonchev–Trinajstić information content (AvgIpc) is 3.55. The molecule has 8 aromatic rings. The summed E-state index contributed by atoms with van der Waals surface area (Å²) in [7, 11) is 0. The summed E-state index contributed by atoms with van der Waals surface area (Å²) < 4.78 is 0. The average molecular weight is 722 g/mol. The lowest BCUT2D eigenvalue weighted by Crippen LogP contribution is -2.60. The fourth-order valence-electron chi connectivity index (χ4n) is 9.91. The minimum atomic E-state index is -0.393. The standard InChI is InChI=1S/C54H44N2/c1-53(2)47-25-13-15-27-49(47)54(50-28-16-14-26-48(50)53)45-24-12-11-23-42(45)44-35-38(30-33-46(44)54)39-31-32-43(41-22-10-9-21-40(39)41)52(55)56-51(37-19-7-4-8-20-37)34-29-36-17-5-3-6-18-36/h3-35,51-52,56H,55H2,1-2H3/p+1/b34-29+. The maximum absolute atomic E-state index is 4.70. The molecule has 0 aromatic heterocycles. The summed E-state index contributed by atoms with van der Waals surface area (Å²) in [5, 5.41) is 6.32. The molecule has 0 amide bonds. The van der Waals surface area contributed by atoms with Gasteiger partial charge in [0.25, 0.3) is 0 Å². The van der Waals surface area contributed by atoms with Crippen LogP contribution in [0.15, 0.2) is 194 Å². The zero-order chi connectivity index (χ0) is 37.9. The van der Waals surface area contributed by atoms with Gasteiger partial charge < -0.3 is 5.73 Å². The molecule has 2 nitrogen and oxygen atoms in total. The van der Waals surface area contributed by atoms with Gasteiger partial charge in [0.05, 0.1) is 11.5 Å². The van der Waals surface area contributed by atoms with Crippen molar-refractivity contribution in [2.45, 2.75) is 36.9 Å². The number of hydrogen-bond acceptors (Lipinski definition) is 1. The van der Waals surface area contributed by atoms with E-state index in [-0.39, 0.29) is 17.6 Å². The normalized spacial score (nSPS) is 15.6. The molecule has 0 heterocycles. The van der Waals surface area contributed by atoms with Crippen molar-refractivity contribution < 1.29 is 5.73 Å². The molecular weight excluding hydrogens is 677 g/mol. The Balaban J connectivity index is 1.08. The SMILES string of the molecule is CC1(C)c2ccccc2C2(c3ccccc3-c3cc(-c4ccc(C([NH3+])NC(/C=C/c5ccccc5)c5ccccc5)c5ccccc45)ccc32)c2ccccc21. The summed E-state index contributed by atoms with van der Waals surface area (Å²) in [4.78, 5) is 0. The smallest absolute Gasteiger partial charge is 0.165 e. The van der Waals surface area contributed by atoms with Gasteiger partial charge in [0.1, 0.15) is 0 Å². The van der Waals surface area contributed by atoms with Crippen molar-refractivity contribution in [3.8, 4) is 22.3 Å². The Morgan fingerprint density at radius 1 is 0.482 bits per heavy atom. The van der Waals surface area contributed by atoms with E-state index in [1.165, 1.54) is 83.1 Å². The summed E-state index contributed by atoms with van der Waals surface area (Å²) in [6, 6.07) is 69.2. The van der Waals surface area contributed by atoms with Crippen molar-refractivity contribution in [2.75, 3.05) is 0 Å². The van der Waals surface area contributed by atoms with Crippen LogP contribution in [0.4, 0.5) is 0 Å². The Labute approximate surface area is 330 Å². The topological polar surface area (TPSA) is 39.7 Å². The van der Waals surface area contributed by atoms with Gasteiger partial charge in [0.2, 0.25) is 0 Å². The molecule has 0 bridgehead atoms. The number of nitrogens with one attached hydrogen (secondary N) is 1. The van der Waals surface area contributed by atoms with Crippen LogP contribution in [0.1, 0.15) is 76.1 Å². The zero-order valence-corrected chi connectivity index (χ0v) is 31.9. The lowest BCUT2D eigenvalue weighted by Gasteiger charge is -2.46. The van der Waals surface area contributed by atoms with Gasteiger partial charge in [-0.05, 0) is 83.6 Å². The quantitative estimate of drug-likeness (QED) is 0.158. The minimum Gasteiger partial charge on any atom is -0.339 e. The Morgan fingerprint density at radius 2 is 1.04 bits per heavy atom. The largest absolute Gasteiger partial charge is 0.339 e. The van der Waals surface area contributed by atoms with Crippen LogP contribution < -0.4 is 11.1 Å². The molecule has 2 aliphatic rings. The third-order valence-corrected chi connectivity index (χ3v) is 12.5. The maximum Gasteiger partial charge on any atom is 0.165 e. The van der Waals surface area contributed by atoms with Crippen molar-refractivity contribution in [2.24, 2.45) is 0 Å². The Bertz CT molecular complexity index is 2730. The first-order valence-corrected chi connectivity index (χ1v) is 19.8. The number of quaternary nitrogens is 1. The summed E-state index contributed by atoms with van der Waals surface area (Å²) in [5.41, 5.74) is 21.1. The number of rotatable bonds is 7. The highest BCUT2D eigenvalue weighted by molar-refractivity contribution is 6.00. The predicted molar refractivity (Wildman–Crippen MR) is 232 cm³/mol. The van der Waals surface area contributed by atoms with Crippen molar-refractivity contribution in [3.63, 3.8) is 0 Å². The predicted octanol–water partition coefficient (Wildman–Crippen LogP) is 11.8. The molecule has 270 valence electrons. The maximum atomic E-state index is 4.70. The molecule has 0 fully saturated rings. The van der Waals surface area contributed by atoms with Gasteiger partial charge in [0.15, 0.2) is 6.17 Å². The van der Waals surface area contributed by atoms with E-state index in [0.717, 1.165) is 0 Å². The molecule has 0 saturated heterocycles. The minimum absolute atomic E-state index is 0.0120. The molecule has 1 spiro atoms. The van der Waals surface area contributed by atoms with Gasteiger partial charge >= 0.3 is 0 Å². The van der Waals surface area contributed by atoms with Crippen LogP contribution in [0.5, 0.6) is 0 Å². The molecule has 4 N–H and O–H groups in total. The molecule has 10 rings (SSSR count). The van der Waals surface area contributed by atoms with Crippen LogP contribution in [0.3, 0.4) is 0 Å². The van der Waals surface area contributed by atoms with Crippen LogP contribution >= 0.6 is 0 Å². The Kier molecular flexibility index (Phi) is 8.22. The highest BCUT2D eigenvalue weighted by Gasteiger charge is 2.53. The van der Waals surface area contributed by atoms with Crippen molar-refractivity contribution in [1.82, 2.24) is 5.32 Å². The Hall–Kier alpha value is -6.32. The van der Waals surface area contributed by atoms with E-state index >= 15 is 0 Å². The summed E-state index contributed by atoms with van der Waals surface area (Å²) in [6.45, 7) is 4.76. The molecule has 2 aliphatic carbocycles. The van der Waals surface area contributed by atoms with Gasteiger partial charge in [-0.15, -0.1) is 0 Å². The third-order valence-electron chi connectivity index (χ3n) is 12.5. The second-order valence-electron chi connectivity index (χ2n) is 15.9. The Morgan fingerprint density at radius 3 is 1.73 bits per heavy atom. The van der Waals surface area contributed by atoms with Gasteiger partial charge in [-0.25, -0.2) is 0 Å². The number of benzene rings is 8. The lowest BCUT2D eigenvalue weighted by molar-refractivity contribution is -0.436. The molecule has 2 atom stereocenters. The molecule has 2 heteroatoms. The number of hydrogen-bond donors (Lipinski definition) is 2. The molecule has 56 heavy (non-hydrogen) atoms. The van der Waals surface area contributed by atoms with Crippen LogP contribution in [0.25, 0.3) is 39.1 Å². The van der Waals surface area contributed by atoms with Crippen molar-refractivity contribution >= 4 is 16.8 Å². The van der Waals surface area contributed by atoms with Gasteiger partial charge in [-0.3, -0.25) is 5.32 Å². The van der Waals surface area contributed by atoms with E-state index in [2.05, 4.69) is 219 Å². The first-order valence-electron chi connectivity index (χ1n) is 19.8. The van der Waals surface area contributed by atoms with E-state index in [0.29, 0.717) is 0 Å².